The number of thioether (sulfide) groups is 1. The van der Waals surface area contributed by atoms with Crippen LogP contribution in [0.25, 0.3) is 0 Å². The van der Waals surface area contributed by atoms with E-state index in [1.54, 1.807) is 17.8 Å². The number of hydrogen-bond donors (Lipinski definition) is 1. The number of benzene rings is 1. The summed E-state index contributed by atoms with van der Waals surface area (Å²) in [6, 6.07) is 4.45. The first-order chi connectivity index (χ1) is 8.08. The van der Waals surface area contributed by atoms with Crippen molar-refractivity contribution in [2.45, 2.75) is 43.4 Å². The summed E-state index contributed by atoms with van der Waals surface area (Å²) in [6.45, 7) is 7.21. The first kappa shape index (κ1) is 14.5. The van der Waals surface area contributed by atoms with Crippen LogP contribution in [-0.4, -0.2) is 17.8 Å². The van der Waals surface area contributed by atoms with Gasteiger partial charge in [0.25, 0.3) is 0 Å². The van der Waals surface area contributed by atoms with Crippen LogP contribution in [0.3, 0.4) is 0 Å². The summed E-state index contributed by atoms with van der Waals surface area (Å²) >= 11 is 1.57. The molecule has 96 valence electrons. The largest absolute Gasteiger partial charge is 0.313 e. The Balaban J connectivity index is 2.66. The quantitative estimate of drug-likeness (QED) is 0.779. The molecule has 0 fully saturated rings. The summed E-state index contributed by atoms with van der Waals surface area (Å²) in [5, 5.41) is 3.71. The van der Waals surface area contributed by atoms with E-state index in [-0.39, 0.29) is 0 Å². The molecule has 1 aromatic carbocycles. The highest BCUT2D eigenvalue weighted by Crippen LogP contribution is 2.27. The molecule has 0 radical (unpaired) electrons. The van der Waals surface area contributed by atoms with Crippen LogP contribution in [-0.2, 0) is 0 Å². The minimum Gasteiger partial charge on any atom is -0.313 e. The lowest BCUT2D eigenvalue weighted by Gasteiger charge is -2.23. The molecule has 0 aliphatic carbocycles. The van der Waals surface area contributed by atoms with Crippen LogP contribution < -0.4 is 5.32 Å². The van der Waals surface area contributed by atoms with Gasteiger partial charge in [-0.3, -0.25) is 0 Å². The number of nitrogens with one attached hydrogen (secondary N) is 1. The average molecular weight is 259 g/mol. The Hall–Kier alpha value is -0.610. The fourth-order valence-corrected chi connectivity index (χ4v) is 2.95. The van der Waals surface area contributed by atoms with Crippen molar-refractivity contribution in [2.75, 3.05) is 6.54 Å². The fraction of sp³-hybridized carbons (Fsp3) is 0.538. The zero-order chi connectivity index (χ0) is 12.8. The topological polar surface area (TPSA) is 12.0 Å². The molecule has 2 unspecified atom stereocenters. The van der Waals surface area contributed by atoms with Crippen LogP contribution in [0.4, 0.5) is 8.78 Å². The molecule has 0 saturated carbocycles. The Morgan fingerprint density at radius 3 is 2.47 bits per heavy atom. The maximum atomic E-state index is 13.1. The lowest BCUT2D eigenvalue weighted by atomic mass is 10.2. The first-order valence-electron chi connectivity index (χ1n) is 5.93. The van der Waals surface area contributed by atoms with Crippen molar-refractivity contribution in [3.63, 3.8) is 0 Å². The molecule has 2 atom stereocenters. The van der Waals surface area contributed by atoms with E-state index in [1.807, 2.05) is 0 Å². The molecule has 0 aromatic heterocycles. The maximum absolute atomic E-state index is 13.1. The summed E-state index contributed by atoms with van der Waals surface area (Å²) in [4.78, 5) is 0.771. The summed E-state index contributed by atoms with van der Waals surface area (Å²) in [5.41, 5.74) is 0. The minimum atomic E-state index is -0.791. The van der Waals surface area contributed by atoms with Crippen LogP contribution in [0, 0.1) is 11.6 Å². The van der Waals surface area contributed by atoms with Crippen molar-refractivity contribution in [1.29, 1.82) is 0 Å². The Morgan fingerprint density at radius 1 is 1.24 bits per heavy atom. The van der Waals surface area contributed by atoms with E-state index in [0.29, 0.717) is 11.3 Å². The Labute approximate surface area is 106 Å². The van der Waals surface area contributed by atoms with Gasteiger partial charge in [0, 0.05) is 16.2 Å². The third-order valence-corrected chi connectivity index (χ3v) is 3.91. The summed E-state index contributed by atoms with van der Waals surface area (Å²) in [6.07, 6.45) is 1.02. The van der Waals surface area contributed by atoms with Crippen molar-refractivity contribution in [1.82, 2.24) is 5.32 Å². The van der Waals surface area contributed by atoms with Crippen LogP contribution in [0.5, 0.6) is 0 Å². The monoisotopic (exact) mass is 259 g/mol. The molecule has 0 heterocycles. The molecule has 0 saturated heterocycles. The van der Waals surface area contributed by atoms with E-state index < -0.39 is 11.6 Å². The van der Waals surface area contributed by atoms with Gasteiger partial charge >= 0.3 is 0 Å². The zero-order valence-corrected chi connectivity index (χ0v) is 11.3. The van der Waals surface area contributed by atoms with E-state index in [0.717, 1.165) is 17.9 Å². The normalized spacial score (nSPS) is 14.6. The molecule has 0 spiro atoms. The van der Waals surface area contributed by atoms with Gasteiger partial charge < -0.3 is 5.32 Å². The fourth-order valence-electron chi connectivity index (χ4n) is 1.75. The van der Waals surface area contributed by atoms with Crippen LogP contribution in [0.2, 0.25) is 0 Å². The van der Waals surface area contributed by atoms with E-state index >= 15 is 0 Å². The molecule has 1 nitrogen and oxygen atoms in total. The average Bonchev–Trinajstić information content (AvgIpc) is 2.30. The molecule has 0 bridgehead atoms. The van der Waals surface area contributed by atoms with Gasteiger partial charge in [-0.15, -0.1) is 11.8 Å². The highest BCUT2D eigenvalue weighted by molar-refractivity contribution is 8.00. The highest BCUT2D eigenvalue weighted by atomic mass is 32.2. The van der Waals surface area contributed by atoms with Gasteiger partial charge in [0.2, 0.25) is 0 Å². The van der Waals surface area contributed by atoms with Gasteiger partial charge in [0.1, 0.15) is 0 Å². The number of rotatable bonds is 6. The SMILES string of the molecule is CCNC(CC)C(C)Sc1ccc(F)c(F)c1. The van der Waals surface area contributed by atoms with Crippen molar-refractivity contribution in [3.8, 4) is 0 Å². The molecular formula is C13H19F2NS. The molecule has 0 aliphatic rings. The third kappa shape index (κ3) is 4.28. The molecule has 0 aliphatic heterocycles. The van der Waals surface area contributed by atoms with Crippen molar-refractivity contribution < 1.29 is 8.78 Å². The number of halogens is 2. The molecule has 17 heavy (non-hydrogen) atoms. The van der Waals surface area contributed by atoms with E-state index in [2.05, 4.69) is 26.1 Å². The van der Waals surface area contributed by atoms with Gasteiger partial charge in [0.15, 0.2) is 11.6 Å². The van der Waals surface area contributed by atoms with E-state index in [1.165, 1.54) is 12.1 Å². The molecule has 0 amide bonds. The first-order valence-corrected chi connectivity index (χ1v) is 6.81. The van der Waals surface area contributed by atoms with E-state index in [4.69, 9.17) is 0 Å². The van der Waals surface area contributed by atoms with Crippen LogP contribution in [0.1, 0.15) is 27.2 Å². The minimum absolute atomic E-state index is 0.324. The molecule has 1 rings (SSSR count). The summed E-state index contributed by atoms with van der Waals surface area (Å²) in [5.74, 6) is -1.57. The molecule has 4 heteroatoms. The molecule has 1 aromatic rings. The lowest BCUT2D eigenvalue weighted by Crippen LogP contribution is -2.35. The second kappa shape index (κ2) is 6.97. The second-order valence-electron chi connectivity index (χ2n) is 3.97. The van der Waals surface area contributed by atoms with E-state index in [9.17, 15) is 8.78 Å². The molecular weight excluding hydrogens is 240 g/mol. The third-order valence-electron chi connectivity index (χ3n) is 2.69. The van der Waals surface area contributed by atoms with Gasteiger partial charge in [-0.2, -0.15) is 0 Å². The Kier molecular flexibility index (Phi) is 5.92. The Morgan fingerprint density at radius 2 is 1.94 bits per heavy atom. The zero-order valence-electron chi connectivity index (χ0n) is 10.5. The highest BCUT2D eigenvalue weighted by Gasteiger charge is 2.16. The summed E-state index contributed by atoms with van der Waals surface area (Å²) in [7, 11) is 0. The van der Waals surface area contributed by atoms with Gasteiger partial charge in [-0.25, -0.2) is 8.78 Å². The Bertz CT molecular complexity index is 357. The van der Waals surface area contributed by atoms with Gasteiger partial charge in [-0.05, 0) is 31.2 Å². The number of hydrogen-bond acceptors (Lipinski definition) is 2. The van der Waals surface area contributed by atoms with Gasteiger partial charge in [0.05, 0.1) is 0 Å². The lowest BCUT2D eigenvalue weighted by molar-refractivity contribution is 0.503. The predicted molar refractivity (Wildman–Crippen MR) is 69.4 cm³/mol. The predicted octanol–water partition coefficient (Wildman–Crippen LogP) is 3.83. The van der Waals surface area contributed by atoms with Crippen LogP contribution in [0.15, 0.2) is 23.1 Å². The standard InChI is InChI=1S/C13H19F2NS/c1-4-13(16-5-2)9(3)17-10-6-7-11(14)12(15)8-10/h6-9,13,16H,4-5H2,1-3H3. The van der Waals surface area contributed by atoms with Crippen molar-refractivity contribution in [2.24, 2.45) is 0 Å². The van der Waals surface area contributed by atoms with Crippen molar-refractivity contribution in [3.05, 3.63) is 29.8 Å². The smallest absolute Gasteiger partial charge is 0.159 e. The summed E-state index contributed by atoms with van der Waals surface area (Å²) < 4.78 is 25.8. The van der Waals surface area contributed by atoms with Gasteiger partial charge in [-0.1, -0.05) is 20.8 Å². The van der Waals surface area contributed by atoms with Crippen molar-refractivity contribution >= 4 is 11.8 Å². The second-order valence-corrected chi connectivity index (χ2v) is 5.42. The molecule has 1 N–H and O–H groups in total. The van der Waals surface area contributed by atoms with Crippen LogP contribution >= 0.6 is 11.8 Å². The maximum Gasteiger partial charge on any atom is 0.159 e.